The molecule has 0 atom stereocenters. The maximum atomic E-state index is 13.5. The van der Waals surface area contributed by atoms with Gasteiger partial charge in [-0.2, -0.15) is 0 Å². The summed E-state index contributed by atoms with van der Waals surface area (Å²) in [4.78, 5) is 22.5. The SMILES string of the molecule is COc1cc(N(C)C(=O)c2cn3c(Br)c(C)nc3cn2)ccc1F. The Morgan fingerprint density at radius 1 is 1.42 bits per heavy atom. The van der Waals surface area contributed by atoms with E-state index in [0.717, 1.165) is 10.3 Å². The number of aromatic nitrogens is 3. The number of imidazole rings is 1. The zero-order valence-corrected chi connectivity index (χ0v) is 14.8. The lowest BCUT2D eigenvalue weighted by Crippen LogP contribution is -2.27. The van der Waals surface area contributed by atoms with Gasteiger partial charge in [-0.25, -0.2) is 14.4 Å². The van der Waals surface area contributed by atoms with Gasteiger partial charge in [-0.1, -0.05) is 0 Å². The van der Waals surface area contributed by atoms with Crippen LogP contribution in [0.15, 0.2) is 35.2 Å². The highest BCUT2D eigenvalue weighted by Gasteiger charge is 2.18. The first kappa shape index (κ1) is 16.4. The van der Waals surface area contributed by atoms with Crippen LogP contribution in [0, 0.1) is 12.7 Å². The monoisotopic (exact) mass is 392 g/mol. The lowest BCUT2D eigenvalue weighted by molar-refractivity contribution is 0.0987. The highest BCUT2D eigenvalue weighted by Crippen LogP contribution is 2.25. The molecule has 124 valence electrons. The van der Waals surface area contributed by atoms with Crippen molar-refractivity contribution in [3.8, 4) is 5.75 Å². The summed E-state index contributed by atoms with van der Waals surface area (Å²) in [7, 11) is 2.97. The fourth-order valence-electron chi connectivity index (χ4n) is 2.30. The standard InChI is InChI=1S/C16H14BrFN4O2/c1-9-15(17)22-8-12(19-7-14(22)20-9)16(23)21(2)10-4-5-11(18)13(6-10)24-3/h4-8H,1-3H3. The van der Waals surface area contributed by atoms with Gasteiger partial charge in [0.15, 0.2) is 17.2 Å². The molecule has 2 heterocycles. The van der Waals surface area contributed by atoms with Gasteiger partial charge in [-0.15, -0.1) is 0 Å². The first-order valence-corrected chi connectivity index (χ1v) is 7.83. The van der Waals surface area contributed by atoms with Gasteiger partial charge in [-0.05, 0) is 35.0 Å². The van der Waals surface area contributed by atoms with Crippen LogP contribution in [0.1, 0.15) is 16.2 Å². The third-order valence-corrected chi connectivity index (χ3v) is 4.61. The number of benzene rings is 1. The van der Waals surface area contributed by atoms with Crippen LogP contribution >= 0.6 is 15.9 Å². The number of carbonyl (C=O) groups excluding carboxylic acids is 1. The molecular formula is C16H14BrFN4O2. The van der Waals surface area contributed by atoms with Crippen LogP contribution in [-0.4, -0.2) is 34.4 Å². The molecule has 0 bridgehead atoms. The maximum Gasteiger partial charge on any atom is 0.278 e. The van der Waals surface area contributed by atoms with Crippen molar-refractivity contribution in [3.63, 3.8) is 0 Å². The largest absolute Gasteiger partial charge is 0.494 e. The second-order valence-electron chi connectivity index (χ2n) is 5.17. The molecule has 0 spiro atoms. The van der Waals surface area contributed by atoms with Gasteiger partial charge < -0.3 is 9.64 Å². The molecule has 0 unspecified atom stereocenters. The molecule has 0 fully saturated rings. The van der Waals surface area contributed by atoms with Crippen molar-refractivity contribution in [2.75, 3.05) is 19.1 Å². The molecule has 0 radical (unpaired) electrons. The maximum absolute atomic E-state index is 13.5. The normalized spacial score (nSPS) is 10.9. The predicted molar refractivity (Wildman–Crippen MR) is 91.1 cm³/mol. The fourth-order valence-corrected chi connectivity index (χ4v) is 2.67. The van der Waals surface area contributed by atoms with E-state index in [9.17, 15) is 9.18 Å². The summed E-state index contributed by atoms with van der Waals surface area (Å²) in [5, 5.41) is 0. The van der Waals surface area contributed by atoms with Crippen molar-refractivity contribution >= 4 is 33.2 Å². The van der Waals surface area contributed by atoms with Gasteiger partial charge in [0.1, 0.15) is 10.3 Å². The van der Waals surface area contributed by atoms with Crippen LogP contribution in [-0.2, 0) is 0 Å². The number of hydrogen-bond donors (Lipinski definition) is 0. The van der Waals surface area contributed by atoms with Crippen LogP contribution in [0.25, 0.3) is 5.65 Å². The van der Waals surface area contributed by atoms with Gasteiger partial charge in [-0.3, -0.25) is 9.20 Å². The second kappa shape index (κ2) is 6.20. The minimum atomic E-state index is -0.487. The van der Waals surface area contributed by atoms with Crippen LogP contribution in [0.4, 0.5) is 10.1 Å². The second-order valence-corrected chi connectivity index (χ2v) is 5.92. The van der Waals surface area contributed by atoms with Gasteiger partial charge >= 0.3 is 0 Å². The molecule has 0 aliphatic carbocycles. The third kappa shape index (κ3) is 2.73. The number of rotatable bonds is 3. The Kier molecular flexibility index (Phi) is 4.23. The number of halogens is 2. The van der Waals surface area contributed by atoms with Crippen LogP contribution in [0.3, 0.4) is 0 Å². The molecule has 0 aliphatic rings. The van der Waals surface area contributed by atoms with E-state index in [4.69, 9.17) is 4.74 Å². The lowest BCUT2D eigenvalue weighted by Gasteiger charge is -2.18. The molecule has 1 amide bonds. The average molecular weight is 393 g/mol. The summed E-state index contributed by atoms with van der Waals surface area (Å²) in [6.07, 6.45) is 3.14. The van der Waals surface area contributed by atoms with Crippen molar-refractivity contribution in [3.05, 3.63) is 52.4 Å². The minimum Gasteiger partial charge on any atom is -0.494 e. The topological polar surface area (TPSA) is 59.7 Å². The Balaban J connectivity index is 1.97. The highest BCUT2D eigenvalue weighted by atomic mass is 79.9. The number of carbonyl (C=O) groups is 1. The average Bonchev–Trinajstić information content (AvgIpc) is 2.88. The fraction of sp³-hybridized carbons (Fsp3) is 0.188. The van der Waals surface area contributed by atoms with Crippen LogP contribution in [0.5, 0.6) is 5.75 Å². The van der Waals surface area contributed by atoms with E-state index in [-0.39, 0.29) is 17.4 Å². The van der Waals surface area contributed by atoms with E-state index in [2.05, 4.69) is 25.9 Å². The zero-order chi connectivity index (χ0) is 17.4. The Morgan fingerprint density at radius 3 is 2.88 bits per heavy atom. The summed E-state index contributed by atoms with van der Waals surface area (Å²) in [5.41, 5.74) is 2.19. The predicted octanol–water partition coefficient (Wildman–Crippen LogP) is 3.22. The summed E-state index contributed by atoms with van der Waals surface area (Å²) in [5.74, 6) is -0.744. The zero-order valence-electron chi connectivity index (χ0n) is 13.2. The van der Waals surface area contributed by atoms with Crippen molar-refractivity contribution in [2.24, 2.45) is 0 Å². The van der Waals surface area contributed by atoms with E-state index in [1.165, 1.54) is 36.4 Å². The molecule has 0 aliphatic heterocycles. The number of fused-ring (bicyclic) bond motifs is 1. The smallest absolute Gasteiger partial charge is 0.278 e. The Hall–Kier alpha value is -2.48. The molecule has 0 saturated carbocycles. The Labute approximate surface area is 146 Å². The number of hydrogen-bond acceptors (Lipinski definition) is 4. The molecule has 0 N–H and O–H groups in total. The van der Waals surface area contributed by atoms with Gasteiger partial charge in [0.05, 0.1) is 19.0 Å². The van der Waals surface area contributed by atoms with Crippen LogP contribution in [0.2, 0.25) is 0 Å². The molecule has 3 rings (SSSR count). The summed E-state index contributed by atoms with van der Waals surface area (Å²) in [6, 6.07) is 4.22. The minimum absolute atomic E-state index is 0.0727. The number of methoxy groups -OCH3 is 1. The number of amides is 1. The van der Waals surface area contributed by atoms with Gasteiger partial charge in [0, 0.05) is 25.0 Å². The van der Waals surface area contributed by atoms with Crippen molar-refractivity contribution in [2.45, 2.75) is 6.92 Å². The summed E-state index contributed by atoms with van der Waals surface area (Å²) >= 11 is 3.43. The van der Waals surface area contributed by atoms with Crippen molar-refractivity contribution < 1.29 is 13.9 Å². The number of anilines is 1. The first-order chi connectivity index (χ1) is 11.4. The molecule has 8 heteroatoms. The molecule has 24 heavy (non-hydrogen) atoms. The highest BCUT2D eigenvalue weighted by molar-refractivity contribution is 9.10. The van der Waals surface area contributed by atoms with E-state index in [1.807, 2.05) is 6.92 Å². The van der Waals surface area contributed by atoms with Crippen molar-refractivity contribution in [1.29, 1.82) is 0 Å². The van der Waals surface area contributed by atoms with Crippen LogP contribution < -0.4 is 9.64 Å². The number of aryl methyl sites for hydroxylation is 1. The molecule has 2 aromatic heterocycles. The quantitative estimate of drug-likeness (QED) is 0.686. The number of ether oxygens (including phenoxy) is 1. The van der Waals surface area contributed by atoms with Gasteiger partial charge in [0.2, 0.25) is 0 Å². The first-order valence-electron chi connectivity index (χ1n) is 7.04. The number of nitrogens with zero attached hydrogens (tertiary/aromatic N) is 4. The van der Waals surface area contributed by atoms with E-state index in [0.29, 0.717) is 11.3 Å². The third-order valence-electron chi connectivity index (χ3n) is 3.66. The Bertz CT molecular complexity index is 941. The Morgan fingerprint density at radius 2 is 2.17 bits per heavy atom. The van der Waals surface area contributed by atoms with E-state index < -0.39 is 5.82 Å². The molecule has 3 aromatic rings. The lowest BCUT2D eigenvalue weighted by atomic mass is 10.2. The molecular weight excluding hydrogens is 379 g/mol. The van der Waals surface area contributed by atoms with Gasteiger partial charge in [0.25, 0.3) is 5.91 Å². The van der Waals surface area contributed by atoms with Crippen molar-refractivity contribution in [1.82, 2.24) is 14.4 Å². The van der Waals surface area contributed by atoms with E-state index >= 15 is 0 Å². The molecule has 6 nitrogen and oxygen atoms in total. The summed E-state index contributed by atoms with van der Waals surface area (Å²) in [6.45, 7) is 1.86. The molecule has 0 saturated heterocycles. The molecule has 1 aromatic carbocycles. The van der Waals surface area contributed by atoms with E-state index in [1.54, 1.807) is 17.6 Å². The summed E-state index contributed by atoms with van der Waals surface area (Å²) < 4.78 is 21.0.